The topological polar surface area (TPSA) is 52.6 Å². The molecular weight excluding hydrogens is 216 g/mol. The number of nitrogens with zero attached hydrogens (tertiary/aromatic N) is 1. The molecule has 0 aliphatic heterocycles. The minimum Gasteiger partial charge on any atom is -0.394 e. The maximum absolute atomic E-state index is 12.1. The number of nitrogens with one attached hydrogen (secondary N) is 1. The molecule has 0 aromatic heterocycles. The van der Waals surface area contributed by atoms with E-state index in [1.54, 1.807) is 6.92 Å². The van der Waals surface area contributed by atoms with Gasteiger partial charge in [0.1, 0.15) is 6.04 Å². The standard InChI is InChI=1S/C13H20N2O2/c1-10(9-16)14-13(17)12(15(2)3)11-7-5-4-6-8-11/h4-8,10,12,16H,9H2,1-3H3,(H,14,17). The smallest absolute Gasteiger partial charge is 0.242 e. The van der Waals surface area contributed by atoms with E-state index >= 15 is 0 Å². The molecule has 0 fully saturated rings. The second kappa shape index (κ2) is 6.37. The quantitative estimate of drug-likeness (QED) is 0.794. The average molecular weight is 236 g/mol. The lowest BCUT2D eigenvalue weighted by molar-refractivity contribution is -0.126. The minimum atomic E-state index is -0.329. The Balaban J connectivity index is 2.84. The van der Waals surface area contributed by atoms with Gasteiger partial charge in [-0.25, -0.2) is 0 Å². The summed E-state index contributed by atoms with van der Waals surface area (Å²) in [6.45, 7) is 1.72. The molecule has 0 aliphatic carbocycles. The fourth-order valence-electron chi connectivity index (χ4n) is 1.69. The average Bonchev–Trinajstić information content (AvgIpc) is 2.29. The van der Waals surface area contributed by atoms with Gasteiger partial charge in [0, 0.05) is 6.04 Å². The van der Waals surface area contributed by atoms with Crippen LogP contribution >= 0.6 is 0 Å². The van der Waals surface area contributed by atoms with E-state index in [0.717, 1.165) is 5.56 Å². The fraction of sp³-hybridized carbons (Fsp3) is 0.462. The fourth-order valence-corrected chi connectivity index (χ4v) is 1.69. The van der Waals surface area contributed by atoms with Crippen LogP contribution in [0.1, 0.15) is 18.5 Å². The van der Waals surface area contributed by atoms with Crippen LogP contribution < -0.4 is 5.32 Å². The molecule has 17 heavy (non-hydrogen) atoms. The van der Waals surface area contributed by atoms with E-state index in [0.29, 0.717) is 0 Å². The van der Waals surface area contributed by atoms with Crippen LogP contribution in [0.15, 0.2) is 30.3 Å². The Morgan fingerprint density at radius 2 is 1.94 bits per heavy atom. The van der Waals surface area contributed by atoms with Gasteiger partial charge in [0.2, 0.25) is 5.91 Å². The number of carbonyl (C=O) groups excluding carboxylic acids is 1. The van der Waals surface area contributed by atoms with Crippen LogP contribution in [0.3, 0.4) is 0 Å². The van der Waals surface area contributed by atoms with Gasteiger partial charge in [0.15, 0.2) is 0 Å². The molecule has 0 saturated heterocycles. The van der Waals surface area contributed by atoms with Crippen molar-refractivity contribution in [2.24, 2.45) is 0 Å². The van der Waals surface area contributed by atoms with Gasteiger partial charge in [0.05, 0.1) is 6.61 Å². The molecule has 2 N–H and O–H groups in total. The van der Waals surface area contributed by atoms with Crippen LogP contribution in [0.2, 0.25) is 0 Å². The Morgan fingerprint density at radius 3 is 2.41 bits per heavy atom. The Kier molecular flexibility index (Phi) is 5.12. The number of hydrogen-bond acceptors (Lipinski definition) is 3. The molecular formula is C13H20N2O2. The number of likely N-dealkylation sites (N-methyl/N-ethyl adjacent to an activating group) is 1. The van der Waals surface area contributed by atoms with Gasteiger partial charge in [-0.3, -0.25) is 9.69 Å². The van der Waals surface area contributed by atoms with Crippen molar-refractivity contribution < 1.29 is 9.90 Å². The molecule has 4 nitrogen and oxygen atoms in total. The highest BCUT2D eigenvalue weighted by atomic mass is 16.3. The number of rotatable bonds is 5. The zero-order valence-corrected chi connectivity index (χ0v) is 10.6. The highest BCUT2D eigenvalue weighted by Gasteiger charge is 2.23. The molecule has 0 radical (unpaired) electrons. The second-order valence-electron chi connectivity index (χ2n) is 4.37. The van der Waals surface area contributed by atoms with Crippen LogP contribution in [0.25, 0.3) is 0 Å². The predicted octanol–water partition coefficient (Wildman–Crippen LogP) is 0.786. The maximum atomic E-state index is 12.1. The Morgan fingerprint density at radius 1 is 1.35 bits per heavy atom. The monoisotopic (exact) mass is 236 g/mol. The van der Waals surface area contributed by atoms with Crippen molar-refractivity contribution in [1.82, 2.24) is 10.2 Å². The van der Waals surface area contributed by atoms with Crippen molar-refractivity contribution in [3.05, 3.63) is 35.9 Å². The van der Waals surface area contributed by atoms with Crippen LogP contribution in [-0.4, -0.2) is 42.7 Å². The SMILES string of the molecule is CC(CO)NC(=O)C(c1ccccc1)N(C)C. The van der Waals surface area contributed by atoms with Gasteiger partial charge in [-0.15, -0.1) is 0 Å². The van der Waals surface area contributed by atoms with Gasteiger partial charge in [-0.05, 0) is 26.6 Å². The summed E-state index contributed by atoms with van der Waals surface area (Å²) in [6, 6.07) is 9.04. The second-order valence-corrected chi connectivity index (χ2v) is 4.37. The first kappa shape index (κ1) is 13.7. The highest BCUT2D eigenvalue weighted by Crippen LogP contribution is 2.17. The van der Waals surface area contributed by atoms with Gasteiger partial charge in [0.25, 0.3) is 0 Å². The first-order valence-corrected chi connectivity index (χ1v) is 5.69. The molecule has 94 valence electrons. The molecule has 0 heterocycles. The van der Waals surface area contributed by atoms with Gasteiger partial charge in [-0.2, -0.15) is 0 Å². The molecule has 2 unspecified atom stereocenters. The molecule has 1 aromatic carbocycles. The van der Waals surface area contributed by atoms with E-state index in [4.69, 9.17) is 5.11 Å². The number of aliphatic hydroxyl groups excluding tert-OH is 1. The Hall–Kier alpha value is -1.39. The summed E-state index contributed by atoms with van der Waals surface area (Å²) in [6.07, 6.45) is 0. The molecule has 1 aromatic rings. The molecule has 0 spiro atoms. The van der Waals surface area contributed by atoms with E-state index in [9.17, 15) is 4.79 Å². The summed E-state index contributed by atoms with van der Waals surface area (Å²) < 4.78 is 0. The molecule has 1 amide bonds. The van der Waals surface area contributed by atoms with Crippen LogP contribution in [-0.2, 0) is 4.79 Å². The molecule has 0 bridgehead atoms. The van der Waals surface area contributed by atoms with Crippen molar-refractivity contribution in [3.8, 4) is 0 Å². The van der Waals surface area contributed by atoms with E-state index in [1.165, 1.54) is 0 Å². The van der Waals surface area contributed by atoms with Crippen molar-refractivity contribution in [2.45, 2.75) is 19.0 Å². The maximum Gasteiger partial charge on any atom is 0.242 e. The third-order valence-corrected chi connectivity index (χ3v) is 2.54. The molecule has 4 heteroatoms. The van der Waals surface area contributed by atoms with Crippen LogP contribution in [0, 0.1) is 0 Å². The van der Waals surface area contributed by atoms with Crippen molar-refractivity contribution in [1.29, 1.82) is 0 Å². The van der Waals surface area contributed by atoms with Gasteiger partial charge >= 0.3 is 0 Å². The number of hydrogen-bond donors (Lipinski definition) is 2. The summed E-state index contributed by atoms with van der Waals surface area (Å²) in [5, 5.41) is 11.7. The summed E-state index contributed by atoms with van der Waals surface area (Å²) in [7, 11) is 3.72. The predicted molar refractivity (Wildman–Crippen MR) is 67.6 cm³/mol. The van der Waals surface area contributed by atoms with Crippen molar-refractivity contribution >= 4 is 5.91 Å². The van der Waals surface area contributed by atoms with Crippen molar-refractivity contribution in [2.75, 3.05) is 20.7 Å². The van der Waals surface area contributed by atoms with E-state index in [2.05, 4.69) is 5.32 Å². The molecule has 2 atom stereocenters. The van der Waals surface area contributed by atoms with E-state index in [-0.39, 0.29) is 24.6 Å². The van der Waals surface area contributed by atoms with Gasteiger partial charge in [-0.1, -0.05) is 30.3 Å². The largest absolute Gasteiger partial charge is 0.394 e. The van der Waals surface area contributed by atoms with E-state index < -0.39 is 0 Å². The Labute approximate surface area is 102 Å². The first-order chi connectivity index (χ1) is 8.06. The highest BCUT2D eigenvalue weighted by molar-refractivity contribution is 5.83. The Bertz CT molecular complexity index is 352. The normalized spacial score (nSPS) is 14.4. The molecule has 0 aliphatic rings. The number of carbonyl (C=O) groups is 1. The summed E-state index contributed by atoms with van der Waals surface area (Å²) in [5.74, 6) is -0.0947. The van der Waals surface area contributed by atoms with E-state index in [1.807, 2.05) is 49.3 Å². The number of benzene rings is 1. The lowest BCUT2D eigenvalue weighted by Gasteiger charge is -2.25. The minimum absolute atomic E-state index is 0.0549. The third-order valence-electron chi connectivity index (χ3n) is 2.54. The first-order valence-electron chi connectivity index (χ1n) is 5.69. The zero-order chi connectivity index (χ0) is 12.8. The lowest BCUT2D eigenvalue weighted by atomic mass is 10.1. The van der Waals surface area contributed by atoms with Crippen molar-refractivity contribution in [3.63, 3.8) is 0 Å². The third kappa shape index (κ3) is 3.84. The van der Waals surface area contributed by atoms with Crippen LogP contribution in [0.4, 0.5) is 0 Å². The summed E-state index contributed by atoms with van der Waals surface area (Å²) in [4.78, 5) is 13.9. The van der Waals surface area contributed by atoms with Gasteiger partial charge < -0.3 is 10.4 Å². The summed E-state index contributed by atoms with van der Waals surface area (Å²) >= 11 is 0. The molecule has 1 rings (SSSR count). The zero-order valence-electron chi connectivity index (χ0n) is 10.6. The lowest BCUT2D eigenvalue weighted by Crippen LogP contribution is -2.42. The van der Waals surface area contributed by atoms with Crippen LogP contribution in [0.5, 0.6) is 0 Å². The summed E-state index contributed by atoms with van der Waals surface area (Å²) in [5.41, 5.74) is 0.945. The number of aliphatic hydroxyl groups is 1. The number of amides is 1. The molecule has 0 saturated carbocycles.